The summed E-state index contributed by atoms with van der Waals surface area (Å²) < 4.78 is 0. The number of carbonyl (C=O) groups excluding carboxylic acids is 1. The van der Waals surface area contributed by atoms with E-state index in [2.05, 4.69) is 13.8 Å². The first kappa shape index (κ1) is 10.2. The largest absolute Gasteiger partial charge is 0.303 e. The first-order chi connectivity index (χ1) is 6.74. The van der Waals surface area contributed by atoms with Gasteiger partial charge in [-0.05, 0) is 36.5 Å². The zero-order valence-corrected chi connectivity index (χ0v) is 9.41. The van der Waals surface area contributed by atoms with E-state index in [-0.39, 0.29) is 0 Å². The van der Waals surface area contributed by atoms with E-state index in [1.54, 1.807) is 0 Å². The third-order valence-electron chi connectivity index (χ3n) is 4.51. The average Bonchev–Trinajstić information content (AvgIpc) is 2.97. The van der Waals surface area contributed by atoms with Gasteiger partial charge in [0.25, 0.3) is 0 Å². The van der Waals surface area contributed by atoms with Crippen LogP contribution in [0.5, 0.6) is 0 Å². The predicted molar refractivity (Wildman–Crippen MR) is 57.9 cm³/mol. The first-order valence-electron chi connectivity index (χ1n) is 6.19. The molecule has 2 aliphatic rings. The minimum Gasteiger partial charge on any atom is -0.303 e. The summed E-state index contributed by atoms with van der Waals surface area (Å²) in [6.45, 7) is 4.50. The Morgan fingerprint density at radius 2 is 1.93 bits per heavy atom. The van der Waals surface area contributed by atoms with Crippen LogP contribution in [0.15, 0.2) is 0 Å². The Bertz CT molecular complexity index is 211. The lowest BCUT2D eigenvalue weighted by Crippen LogP contribution is -2.20. The first-order valence-corrected chi connectivity index (χ1v) is 6.19. The van der Waals surface area contributed by atoms with Gasteiger partial charge in [0.15, 0.2) is 0 Å². The van der Waals surface area contributed by atoms with Gasteiger partial charge in [-0.15, -0.1) is 0 Å². The van der Waals surface area contributed by atoms with Crippen LogP contribution in [0, 0.1) is 29.6 Å². The van der Waals surface area contributed by atoms with Crippen LogP contribution >= 0.6 is 0 Å². The van der Waals surface area contributed by atoms with Crippen molar-refractivity contribution in [2.24, 2.45) is 29.6 Å². The topological polar surface area (TPSA) is 17.1 Å². The van der Waals surface area contributed by atoms with Crippen LogP contribution in [0.3, 0.4) is 0 Å². The fourth-order valence-electron chi connectivity index (χ4n) is 3.41. The van der Waals surface area contributed by atoms with Gasteiger partial charge in [0, 0.05) is 5.92 Å². The summed E-state index contributed by atoms with van der Waals surface area (Å²) in [5.74, 6) is 3.80. The van der Waals surface area contributed by atoms with Crippen LogP contribution in [0.1, 0.15) is 46.0 Å². The van der Waals surface area contributed by atoms with E-state index >= 15 is 0 Å². The quantitative estimate of drug-likeness (QED) is 0.630. The third-order valence-corrected chi connectivity index (χ3v) is 4.51. The molecule has 1 nitrogen and oxygen atoms in total. The van der Waals surface area contributed by atoms with Crippen molar-refractivity contribution in [3.8, 4) is 0 Å². The van der Waals surface area contributed by atoms with E-state index in [0.29, 0.717) is 5.92 Å². The van der Waals surface area contributed by atoms with Gasteiger partial charge in [0.05, 0.1) is 0 Å². The van der Waals surface area contributed by atoms with Gasteiger partial charge in [-0.2, -0.15) is 0 Å². The molecule has 0 aromatic heterocycles. The summed E-state index contributed by atoms with van der Waals surface area (Å²) in [5.41, 5.74) is 0. The maximum absolute atomic E-state index is 10.7. The summed E-state index contributed by atoms with van der Waals surface area (Å²) in [7, 11) is 0. The van der Waals surface area contributed by atoms with Gasteiger partial charge < -0.3 is 4.79 Å². The molecular formula is C13H22O. The normalized spacial score (nSPS) is 44.4. The van der Waals surface area contributed by atoms with Crippen molar-refractivity contribution in [2.75, 3.05) is 0 Å². The SMILES string of the molecule is C[C@@H]1CCCCC1[C@H]1C[C@@H]1[C@@H](C)C=O. The molecule has 0 aromatic carbocycles. The Morgan fingerprint density at radius 3 is 2.57 bits per heavy atom. The van der Waals surface area contributed by atoms with Crippen LogP contribution in [-0.2, 0) is 4.79 Å². The van der Waals surface area contributed by atoms with E-state index < -0.39 is 0 Å². The monoisotopic (exact) mass is 194 g/mol. The van der Waals surface area contributed by atoms with E-state index in [1.807, 2.05) is 0 Å². The third kappa shape index (κ3) is 1.87. The number of aldehydes is 1. The minimum absolute atomic E-state index is 0.314. The average molecular weight is 194 g/mol. The van der Waals surface area contributed by atoms with Gasteiger partial charge in [-0.3, -0.25) is 0 Å². The molecule has 0 radical (unpaired) electrons. The molecule has 2 aliphatic carbocycles. The Kier molecular flexibility index (Phi) is 2.94. The Morgan fingerprint density at radius 1 is 1.21 bits per heavy atom. The number of rotatable bonds is 3. The van der Waals surface area contributed by atoms with Crippen LogP contribution in [0.4, 0.5) is 0 Å². The highest BCUT2D eigenvalue weighted by Crippen LogP contribution is 2.53. The molecule has 2 saturated carbocycles. The molecule has 0 bridgehead atoms. The lowest BCUT2D eigenvalue weighted by atomic mass is 9.76. The fraction of sp³-hybridized carbons (Fsp3) is 0.923. The van der Waals surface area contributed by atoms with Crippen molar-refractivity contribution in [3.05, 3.63) is 0 Å². The second-order valence-electron chi connectivity index (χ2n) is 5.48. The highest BCUT2D eigenvalue weighted by atomic mass is 16.1. The summed E-state index contributed by atoms with van der Waals surface area (Å²) in [6.07, 6.45) is 8.18. The minimum atomic E-state index is 0.314. The molecule has 14 heavy (non-hydrogen) atoms. The van der Waals surface area contributed by atoms with Crippen LogP contribution in [0.25, 0.3) is 0 Å². The molecule has 2 rings (SSSR count). The Hall–Kier alpha value is -0.330. The summed E-state index contributed by atoms with van der Waals surface area (Å²) >= 11 is 0. The molecule has 0 heterocycles. The van der Waals surface area contributed by atoms with Gasteiger partial charge in [-0.25, -0.2) is 0 Å². The van der Waals surface area contributed by atoms with Gasteiger partial charge in [0.1, 0.15) is 6.29 Å². The second-order valence-corrected chi connectivity index (χ2v) is 5.48. The maximum Gasteiger partial charge on any atom is 0.123 e. The van der Waals surface area contributed by atoms with E-state index in [9.17, 15) is 4.79 Å². The van der Waals surface area contributed by atoms with Crippen molar-refractivity contribution in [2.45, 2.75) is 46.0 Å². The van der Waals surface area contributed by atoms with Crippen LogP contribution < -0.4 is 0 Å². The Labute approximate surface area is 87.3 Å². The molecule has 1 heteroatoms. The zero-order chi connectivity index (χ0) is 10.1. The van der Waals surface area contributed by atoms with Gasteiger partial charge in [0.2, 0.25) is 0 Å². The van der Waals surface area contributed by atoms with E-state index in [4.69, 9.17) is 0 Å². The van der Waals surface area contributed by atoms with Crippen LogP contribution in [-0.4, -0.2) is 6.29 Å². The molecule has 5 atom stereocenters. The van der Waals surface area contributed by atoms with Crippen LogP contribution in [0.2, 0.25) is 0 Å². The zero-order valence-electron chi connectivity index (χ0n) is 9.41. The van der Waals surface area contributed by atoms with Crippen molar-refractivity contribution < 1.29 is 4.79 Å². The predicted octanol–water partition coefficient (Wildman–Crippen LogP) is 3.28. The molecule has 0 saturated heterocycles. The van der Waals surface area contributed by atoms with Crippen molar-refractivity contribution in [1.82, 2.24) is 0 Å². The number of carbonyl (C=O) groups is 1. The lowest BCUT2D eigenvalue weighted by Gasteiger charge is -2.29. The van der Waals surface area contributed by atoms with Crippen molar-refractivity contribution in [3.63, 3.8) is 0 Å². The molecule has 80 valence electrons. The molecule has 0 N–H and O–H groups in total. The number of hydrogen-bond acceptors (Lipinski definition) is 1. The molecule has 1 unspecified atom stereocenters. The molecule has 2 fully saturated rings. The summed E-state index contributed by atoms with van der Waals surface area (Å²) in [5, 5.41) is 0. The molecule has 0 aliphatic heterocycles. The van der Waals surface area contributed by atoms with E-state index in [0.717, 1.165) is 30.0 Å². The highest BCUT2D eigenvalue weighted by molar-refractivity contribution is 5.54. The number of hydrogen-bond donors (Lipinski definition) is 0. The highest BCUT2D eigenvalue weighted by Gasteiger charge is 2.47. The van der Waals surface area contributed by atoms with Gasteiger partial charge >= 0.3 is 0 Å². The van der Waals surface area contributed by atoms with Crippen molar-refractivity contribution in [1.29, 1.82) is 0 Å². The standard InChI is InChI=1S/C13H22O/c1-9-5-3-4-6-11(9)13-7-12(13)10(2)8-14/h8-13H,3-7H2,1-2H3/t9-,10+,11?,12-,13-/m1/s1. The summed E-state index contributed by atoms with van der Waals surface area (Å²) in [4.78, 5) is 10.7. The smallest absolute Gasteiger partial charge is 0.123 e. The summed E-state index contributed by atoms with van der Waals surface area (Å²) in [6, 6.07) is 0. The molecule has 0 amide bonds. The molecular weight excluding hydrogens is 172 g/mol. The van der Waals surface area contributed by atoms with Gasteiger partial charge in [-0.1, -0.05) is 33.1 Å². The molecule has 0 spiro atoms. The van der Waals surface area contributed by atoms with Crippen molar-refractivity contribution >= 4 is 6.29 Å². The Balaban J connectivity index is 1.88. The maximum atomic E-state index is 10.7. The molecule has 0 aromatic rings. The lowest BCUT2D eigenvalue weighted by molar-refractivity contribution is -0.111. The second kappa shape index (κ2) is 4.04. The fourth-order valence-corrected chi connectivity index (χ4v) is 3.41. The van der Waals surface area contributed by atoms with E-state index in [1.165, 1.54) is 32.1 Å².